The van der Waals surface area contributed by atoms with Gasteiger partial charge < -0.3 is 16.4 Å². The first-order valence-electron chi connectivity index (χ1n) is 7.96. The van der Waals surface area contributed by atoms with Crippen LogP contribution in [0.1, 0.15) is 22.6 Å². The third-order valence-electron chi connectivity index (χ3n) is 3.68. The smallest absolute Gasteiger partial charge is 0.312 e. The quantitative estimate of drug-likeness (QED) is 0.618. The number of nitrogens with zero attached hydrogens (tertiary/aromatic N) is 1. The van der Waals surface area contributed by atoms with Crippen LogP contribution in [0.2, 0.25) is 5.02 Å². The Bertz CT molecular complexity index is 782. The molecule has 1 atom stereocenters. The van der Waals surface area contributed by atoms with Gasteiger partial charge in [0.1, 0.15) is 6.04 Å². The van der Waals surface area contributed by atoms with Crippen LogP contribution in [-0.2, 0) is 11.2 Å². The van der Waals surface area contributed by atoms with E-state index in [9.17, 15) is 9.59 Å². The number of hydrogen-bond donors (Lipinski definition) is 3. The van der Waals surface area contributed by atoms with Gasteiger partial charge in [0.05, 0.1) is 5.69 Å². The molecule has 140 valence electrons. The van der Waals surface area contributed by atoms with Crippen molar-refractivity contribution in [2.45, 2.75) is 25.8 Å². The van der Waals surface area contributed by atoms with Crippen LogP contribution in [0.15, 0.2) is 24.3 Å². The molecule has 0 aliphatic carbocycles. The van der Waals surface area contributed by atoms with Gasteiger partial charge in [0.15, 0.2) is 5.13 Å². The zero-order valence-corrected chi connectivity index (χ0v) is 16.9. The Balaban J connectivity index is 2.08. The van der Waals surface area contributed by atoms with Crippen molar-refractivity contribution in [3.05, 3.63) is 45.4 Å². The molecule has 0 fully saturated rings. The number of anilines is 1. The minimum absolute atomic E-state index is 0.323. The molecular formula is C17H21ClN4O2S2. The Morgan fingerprint density at radius 3 is 2.77 bits per heavy atom. The molecule has 0 radical (unpaired) electrons. The van der Waals surface area contributed by atoms with E-state index in [1.165, 1.54) is 11.3 Å². The third kappa shape index (κ3) is 5.89. The maximum Gasteiger partial charge on any atom is 0.312 e. The van der Waals surface area contributed by atoms with Crippen molar-refractivity contribution < 1.29 is 9.59 Å². The molecule has 1 aromatic carbocycles. The van der Waals surface area contributed by atoms with Gasteiger partial charge in [0, 0.05) is 16.3 Å². The minimum atomic E-state index is -0.721. The maximum atomic E-state index is 12.4. The average molecular weight is 413 g/mol. The fourth-order valence-corrected chi connectivity index (χ4v) is 3.99. The molecule has 0 bridgehead atoms. The summed E-state index contributed by atoms with van der Waals surface area (Å²) in [4.78, 5) is 29.0. The second-order valence-electron chi connectivity index (χ2n) is 5.63. The van der Waals surface area contributed by atoms with Crippen LogP contribution in [0.4, 0.5) is 9.93 Å². The topological polar surface area (TPSA) is 97.1 Å². The number of hydrogen-bond acceptors (Lipinski definition) is 5. The normalized spacial score (nSPS) is 11.8. The molecule has 0 aliphatic rings. The number of thiazole rings is 1. The average Bonchev–Trinajstić information content (AvgIpc) is 2.92. The van der Waals surface area contributed by atoms with Crippen LogP contribution in [0, 0.1) is 6.92 Å². The first-order valence-corrected chi connectivity index (χ1v) is 10.5. The molecular weight excluding hydrogens is 392 g/mol. The van der Waals surface area contributed by atoms with Crippen molar-refractivity contribution in [2.24, 2.45) is 5.73 Å². The monoisotopic (exact) mass is 412 g/mol. The van der Waals surface area contributed by atoms with Crippen molar-refractivity contribution in [3.8, 4) is 0 Å². The van der Waals surface area contributed by atoms with Crippen molar-refractivity contribution in [3.63, 3.8) is 0 Å². The Labute approximate surface area is 165 Å². The van der Waals surface area contributed by atoms with E-state index in [1.807, 2.05) is 37.4 Å². The van der Waals surface area contributed by atoms with E-state index in [0.29, 0.717) is 23.0 Å². The Morgan fingerprint density at radius 1 is 1.38 bits per heavy atom. The van der Waals surface area contributed by atoms with Gasteiger partial charge in [0.2, 0.25) is 5.91 Å². The van der Waals surface area contributed by atoms with E-state index >= 15 is 0 Å². The lowest BCUT2D eigenvalue weighted by Crippen LogP contribution is -2.46. The molecule has 1 heterocycles. The Hall–Kier alpha value is -1.77. The number of rotatable bonds is 8. The fraction of sp³-hybridized carbons (Fsp3) is 0.353. The van der Waals surface area contributed by atoms with Gasteiger partial charge in [-0.3, -0.25) is 4.79 Å². The molecule has 2 aromatic rings. The summed E-state index contributed by atoms with van der Waals surface area (Å²) >= 11 is 9.21. The lowest BCUT2D eigenvalue weighted by atomic mass is 10.1. The summed E-state index contributed by atoms with van der Waals surface area (Å²) in [5.74, 6) is 0.406. The van der Waals surface area contributed by atoms with Gasteiger partial charge in [-0.1, -0.05) is 29.8 Å². The van der Waals surface area contributed by atoms with E-state index in [0.717, 1.165) is 21.9 Å². The molecule has 26 heavy (non-hydrogen) atoms. The standard InChI is InChI=1S/C17H21ClN4O2S2/c1-10-14(9-11-5-3-4-6-12(11)18)26-17(20-10)22-15(23)13(7-8-25-2)21-16(19)24/h3-6,13H,7-9H2,1-2H3,(H3,19,21,24)(H,20,22,23). The highest BCUT2D eigenvalue weighted by molar-refractivity contribution is 7.98. The van der Waals surface area contributed by atoms with E-state index in [4.69, 9.17) is 17.3 Å². The van der Waals surface area contributed by atoms with Crippen LogP contribution in [0.25, 0.3) is 0 Å². The van der Waals surface area contributed by atoms with Gasteiger partial charge in [-0.05, 0) is 37.0 Å². The lowest BCUT2D eigenvalue weighted by Gasteiger charge is -2.15. The van der Waals surface area contributed by atoms with E-state index in [-0.39, 0.29) is 5.91 Å². The highest BCUT2D eigenvalue weighted by Crippen LogP contribution is 2.27. The first kappa shape index (κ1) is 20.5. The highest BCUT2D eigenvalue weighted by atomic mass is 35.5. The number of thioether (sulfide) groups is 1. The summed E-state index contributed by atoms with van der Waals surface area (Å²) < 4.78 is 0. The van der Waals surface area contributed by atoms with E-state index in [2.05, 4.69) is 15.6 Å². The van der Waals surface area contributed by atoms with Crippen molar-refractivity contribution in [1.29, 1.82) is 0 Å². The molecule has 6 nitrogen and oxygen atoms in total. The van der Waals surface area contributed by atoms with Gasteiger partial charge in [-0.25, -0.2) is 9.78 Å². The summed E-state index contributed by atoms with van der Waals surface area (Å²) in [6, 6.07) is 6.23. The molecule has 0 saturated carbocycles. The van der Waals surface area contributed by atoms with Gasteiger partial charge >= 0.3 is 6.03 Å². The Morgan fingerprint density at radius 2 is 2.12 bits per heavy atom. The van der Waals surface area contributed by atoms with Crippen LogP contribution >= 0.6 is 34.7 Å². The number of nitrogens with two attached hydrogens (primary N) is 1. The number of aryl methyl sites for hydroxylation is 1. The van der Waals surface area contributed by atoms with Gasteiger partial charge in [-0.15, -0.1) is 11.3 Å². The molecule has 4 N–H and O–H groups in total. The lowest BCUT2D eigenvalue weighted by molar-refractivity contribution is -0.117. The summed E-state index contributed by atoms with van der Waals surface area (Å²) in [7, 11) is 0. The first-order chi connectivity index (χ1) is 12.4. The number of carbonyl (C=O) groups excluding carboxylic acids is 2. The molecule has 9 heteroatoms. The summed E-state index contributed by atoms with van der Waals surface area (Å²) in [6.07, 6.45) is 3.08. The second kappa shape index (κ2) is 9.80. The molecule has 0 spiro atoms. The largest absolute Gasteiger partial charge is 0.352 e. The number of halogens is 1. The number of primary amides is 1. The van der Waals surface area contributed by atoms with Crippen LogP contribution < -0.4 is 16.4 Å². The predicted molar refractivity (Wildman–Crippen MR) is 109 cm³/mol. The highest BCUT2D eigenvalue weighted by Gasteiger charge is 2.21. The predicted octanol–water partition coefficient (Wildman–Crippen LogP) is 3.42. The third-order valence-corrected chi connectivity index (χ3v) is 5.76. The maximum absolute atomic E-state index is 12.4. The number of carbonyl (C=O) groups is 2. The molecule has 3 amide bonds. The second-order valence-corrected chi connectivity index (χ2v) is 8.10. The van der Waals surface area contributed by atoms with Gasteiger partial charge in [-0.2, -0.15) is 11.8 Å². The van der Waals surface area contributed by atoms with Crippen molar-refractivity contribution >= 4 is 51.8 Å². The summed E-state index contributed by atoms with van der Waals surface area (Å²) in [5, 5.41) is 6.45. The molecule has 0 saturated heterocycles. The summed E-state index contributed by atoms with van der Waals surface area (Å²) in [5.41, 5.74) is 7.01. The van der Waals surface area contributed by atoms with Gasteiger partial charge in [0.25, 0.3) is 0 Å². The van der Waals surface area contributed by atoms with E-state index in [1.54, 1.807) is 11.8 Å². The van der Waals surface area contributed by atoms with Crippen LogP contribution in [-0.4, -0.2) is 35.0 Å². The Kier molecular flexibility index (Phi) is 7.74. The molecule has 1 unspecified atom stereocenters. The number of nitrogens with one attached hydrogen (secondary N) is 2. The van der Waals surface area contributed by atoms with Crippen molar-refractivity contribution in [2.75, 3.05) is 17.3 Å². The fourth-order valence-electron chi connectivity index (χ4n) is 2.33. The zero-order valence-electron chi connectivity index (χ0n) is 14.5. The van der Waals surface area contributed by atoms with Crippen molar-refractivity contribution in [1.82, 2.24) is 10.3 Å². The zero-order chi connectivity index (χ0) is 19.1. The SMILES string of the molecule is CSCCC(NC(N)=O)C(=O)Nc1nc(C)c(Cc2ccccc2Cl)s1. The number of aromatic nitrogens is 1. The number of benzene rings is 1. The summed E-state index contributed by atoms with van der Waals surface area (Å²) in [6.45, 7) is 1.89. The number of amides is 3. The van der Waals surface area contributed by atoms with Crippen LogP contribution in [0.3, 0.4) is 0 Å². The van der Waals surface area contributed by atoms with Crippen LogP contribution in [0.5, 0.6) is 0 Å². The molecule has 2 rings (SSSR count). The number of urea groups is 1. The molecule has 0 aliphatic heterocycles. The minimum Gasteiger partial charge on any atom is -0.352 e. The van der Waals surface area contributed by atoms with E-state index < -0.39 is 12.1 Å². The molecule has 1 aromatic heterocycles.